The summed E-state index contributed by atoms with van der Waals surface area (Å²) < 4.78 is 44.3. The Bertz CT molecular complexity index is 4790. The third-order valence-electron chi connectivity index (χ3n) is 27.8. The number of fused-ring (bicyclic) bond motifs is 2. The monoisotopic (exact) mass is 1950 g/mol. The van der Waals surface area contributed by atoms with Gasteiger partial charge in [0.25, 0.3) is 23.6 Å². The summed E-state index contributed by atoms with van der Waals surface area (Å²) in [7, 11) is 4.49. The predicted octanol–water partition coefficient (Wildman–Crippen LogP) is 21.3. The van der Waals surface area contributed by atoms with Crippen molar-refractivity contribution in [2.75, 3.05) is 33.2 Å². The number of anilines is 1. The van der Waals surface area contributed by atoms with Crippen molar-refractivity contribution in [2.45, 2.75) is 391 Å². The van der Waals surface area contributed by atoms with Crippen LogP contribution in [0.4, 0.5) is 5.69 Å². The van der Waals surface area contributed by atoms with Gasteiger partial charge >= 0.3 is 11.9 Å². The van der Waals surface area contributed by atoms with Gasteiger partial charge in [-0.05, 0) is 223 Å². The number of hydrogen-bond donors (Lipinski definition) is 9. The minimum atomic E-state index is -0.855. The molecule has 14 N–H and O–H groups in total. The number of hydrogen-bond acceptors (Lipinski definition) is 20. The molecule has 5 aliphatic rings. The highest BCUT2D eigenvalue weighted by Crippen LogP contribution is 2.36. The lowest BCUT2D eigenvalue weighted by Gasteiger charge is -2.30. The molecule has 9 unspecified atom stereocenters. The lowest BCUT2D eigenvalue weighted by molar-refractivity contribution is -0.151. The topological polar surface area (TPSA) is 372 Å². The highest BCUT2D eigenvalue weighted by Gasteiger charge is 2.37. The van der Waals surface area contributed by atoms with Gasteiger partial charge in [0.2, 0.25) is 0 Å². The smallest absolute Gasteiger partial charge is 0.337 e. The third-order valence-corrected chi connectivity index (χ3v) is 28.2. The van der Waals surface area contributed by atoms with Crippen LogP contribution in [0, 0.1) is 29.6 Å². The zero-order valence-electron chi connectivity index (χ0n) is 86.6. The molecule has 0 spiro atoms. The fourth-order valence-electron chi connectivity index (χ4n) is 20.4. The molecule has 0 bridgehead atoms. The van der Waals surface area contributed by atoms with Crippen molar-refractivity contribution >= 4 is 80.2 Å². The zero-order valence-corrected chi connectivity index (χ0v) is 87.4. The number of ketones is 1. The Balaban J connectivity index is 0.000000215. The van der Waals surface area contributed by atoms with Crippen LogP contribution in [0.1, 0.15) is 320 Å². The summed E-state index contributed by atoms with van der Waals surface area (Å²) in [5.74, 6) is 2.13. The second-order valence-electron chi connectivity index (χ2n) is 41.0. The summed E-state index contributed by atoms with van der Waals surface area (Å²) in [6.45, 7) is 21.7. The molecule has 7 aromatic carbocycles. The number of amides is 4. The minimum absolute atomic E-state index is 0.00535. The lowest BCUT2D eigenvalue weighted by Crippen LogP contribution is -2.53. The molecule has 7 aromatic rings. The Morgan fingerprint density at radius 2 is 0.829 bits per heavy atom. The van der Waals surface area contributed by atoms with Crippen molar-refractivity contribution in [2.24, 2.45) is 58.3 Å². The molecule has 0 heterocycles. The first-order valence-electron chi connectivity index (χ1n) is 52.5. The number of ether oxygens (including phenoxy) is 8. The van der Waals surface area contributed by atoms with Gasteiger partial charge in [-0.2, -0.15) is 0 Å². The maximum Gasteiger partial charge on any atom is 0.337 e. The van der Waals surface area contributed by atoms with Gasteiger partial charge in [0, 0.05) is 67.1 Å². The van der Waals surface area contributed by atoms with Crippen molar-refractivity contribution in [3.8, 4) is 5.75 Å². The van der Waals surface area contributed by atoms with E-state index in [-0.39, 0.29) is 90.7 Å². The molecule has 25 heteroatoms. The van der Waals surface area contributed by atoms with E-state index in [4.69, 9.17) is 73.4 Å². The number of halogens is 1. The molecular weight excluding hydrogens is 1780 g/mol. The molecule has 13 atom stereocenters. The molecule has 0 saturated heterocycles. The number of benzene rings is 7. The van der Waals surface area contributed by atoms with Crippen LogP contribution in [0.3, 0.4) is 0 Å². The SMILES string of the molecule is CC(C)OC(C(=O)CC(C)c1cccc2ccccc12)[C@H](N)CC1CCCCC1.CC(C)OC(C(=O)NCCc1ccccc1Cl)[C@H](N)CC1CCCCC1.COC(=O)c1ccc(COC(=O)C(C)NC(=O)C(OC(C)C)C(N)CC2CCCCC2)cc1.COC(C(=O)N[C@@H](C)c1ccc2ccccc2c1)[C@H](N)CC1CCCCC1.COc1cccc(NC(=O)C(OC(C)C)C(N)CC2CCCCC2)c1. The second-order valence-corrected chi connectivity index (χ2v) is 41.4. The van der Waals surface area contributed by atoms with E-state index >= 15 is 0 Å². The average Bonchev–Trinajstić information content (AvgIpc) is 0.811. The normalized spacial score (nSPS) is 18.1. The Morgan fingerprint density at radius 3 is 1.31 bits per heavy atom. The molecule has 4 amide bonds. The molecule has 24 nitrogen and oxygen atoms in total. The first-order chi connectivity index (χ1) is 67.2. The molecule has 5 saturated carbocycles. The number of carbonyl (C=O) groups is 7. The van der Waals surface area contributed by atoms with Crippen molar-refractivity contribution in [3.05, 3.63) is 191 Å². The number of esters is 2. The van der Waals surface area contributed by atoms with E-state index in [9.17, 15) is 33.6 Å². The van der Waals surface area contributed by atoms with Gasteiger partial charge in [-0.1, -0.05) is 294 Å². The zero-order chi connectivity index (χ0) is 102. The predicted molar refractivity (Wildman–Crippen MR) is 564 cm³/mol. The van der Waals surface area contributed by atoms with E-state index in [1.54, 1.807) is 51.5 Å². The maximum atomic E-state index is 13.3. The molecule has 5 aliphatic carbocycles. The van der Waals surface area contributed by atoms with Gasteiger partial charge in [-0.15, -0.1) is 0 Å². The van der Waals surface area contributed by atoms with Crippen LogP contribution >= 0.6 is 11.6 Å². The van der Waals surface area contributed by atoms with E-state index in [1.165, 1.54) is 182 Å². The van der Waals surface area contributed by atoms with Crippen LogP contribution in [0.25, 0.3) is 21.5 Å². The van der Waals surface area contributed by atoms with Gasteiger partial charge < -0.3 is 87.8 Å². The van der Waals surface area contributed by atoms with Crippen LogP contribution in [-0.4, -0.2) is 160 Å². The Hall–Kier alpha value is -8.76. The highest BCUT2D eigenvalue weighted by molar-refractivity contribution is 6.31. The van der Waals surface area contributed by atoms with Gasteiger partial charge in [0.15, 0.2) is 30.2 Å². The van der Waals surface area contributed by atoms with E-state index < -0.39 is 60.4 Å². The Morgan fingerprint density at radius 1 is 0.407 bits per heavy atom. The van der Waals surface area contributed by atoms with Crippen LogP contribution in [0.2, 0.25) is 5.02 Å². The number of nitrogens with one attached hydrogen (secondary N) is 4. The number of carbonyl (C=O) groups excluding carboxylic acids is 7. The van der Waals surface area contributed by atoms with Crippen molar-refractivity contribution in [3.63, 3.8) is 0 Å². The Labute approximate surface area is 841 Å². The van der Waals surface area contributed by atoms with Gasteiger partial charge in [-0.3, -0.25) is 24.0 Å². The van der Waals surface area contributed by atoms with E-state index in [1.807, 2.05) is 117 Å². The van der Waals surface area contributed by atoms with Gasteiger partial charge in [0.1, 0.15) is 24.5 Å². The standard InChI is InChI=1S/C26H37NO2.C25H38N2O6.C23H32N2O2.C21H33ClN2O2.C20H32N2O3/c1-18(2)29-26(24(27)17-20-10-5-4-6-11-20)25(28)16-19(3)22-15-9-13-21-12-7-8-14-23(21)22;1-16(2)33-22(21(26)14-18-8-6-5-7-9-18)23(28)27-17(3)24(29)32-15-19-10-12-20(13-11-19)25(30)31-4;1-16(19-13-12-18-10-6-7-11-20(18)15-19)25-23(26)22(27-2)21(24)14-17-8-4-3-5-9-17;1-15(2)26-20(19(23)14-16-8-4-3-5-9-16)21(25)24-13-12-17-10-6-7-11-18(17)22;1-14(2)25-19(18(21)12-15-8-5-4-6-9-15)20(23)22-16-10-7-11-17(13-16)24-3/h7-9,12-15,18-20,24,26H,4-6,10-11,16-17,27H2,1-3H3;10-13,16-18,21-22H,5-9,14-15,26H2,1-4H3,(H,27,28);6-7,10-13,15-17,21-22H,3-5,8-9,14,24H2,1-2H3,(H,25,26);6-7,10-11,15-16,19-20H,3-5,8-9,12-14,23H2,1-2H3,(H,24,25);7,10-11,13-15,18-19H,4-6,8-9,12,21H2,1-3H3,(H,22,23)/t19?,24-,26?;;16-,21+,22?;19-,20?;/m1.01./s1. The first kappa shape index (κ1) is 116. The molecule has 774 valence electrons. The summed E-state index contributed by atoms with van der Waals surface area (Å²) >= 11 is 6.17. The summed E-state index contributed by atoms with van der Waals surface area (Å²) in [5.41, 5.74) is 37.3. The minimum Gasteiger partial charge on any atom is -0.497 e. The van der Waals surface area contributed by atoms with Crippen molar-refractivity contribution in [1.82, 2.24) is 16.0 Å². The van der Waals surface area contributed by atoms with Crippen molar-refractivity contribution < 1.29 is 71.5 Å². The van der Waals surface area contributed by atoms with E-state index in [0.717, 1.165) is 61.1 Å². The summed E-state index contributed by atoms with van der Waals surface area (Å²) in [5, 5.41) is 17.2. The van der Waals surface area contributed by atoms with Crippen LogP contribution in [0.15, 0.2) is 158 Å². The molecule has 140 heavy (non-hydrogen) atoms. The quantitative estimate of drug-likeness (QED) is 0.0160. The summed E-state index contributed by atoms with van der Waals surface area (Å²) in [6, 6.07) is 48.4. The largest absolute Gasteiger partial charge is 0.497 e. The highest BCUT2D eigenvalue weighted by atomic mass is 35.5. The molecule has 12 rings (SSSR count). The number of nitrogens with two attached hydrogens (primary N) is 5. The van der Waals surface area contributed by atoms with Gasteiger partial charge in [0.05, 0.1) is 50.2 Å². The van der Waals surface area contributed by atoms with Crippen LogP contribution < -0.4 is 54.7 Å². The lowest BCUT2D eigenvalue weighted by atomic mass is 9.82. The number of rotatable bonds is 44. The summed E-state index contributed by atoms with van der Waals surface area (Å²) in [4.78, 5) is 88.4. The van der Waals surface area contributed by atoms with Crippen LogP contribution in [0.5, 0.6) is 5.75 Å². The van der Waals surface area contributed by atoms with Crippen LogP contribution in [-0.2, 0) is 75.0 Å². The molecule has 0 aliphatic heterocycles. The third kappa shape index (κ3) is 40.8. The van der Waals surface area contributed by atoms with Crippen molar-refractivity contribution in [1.29, 1.82) is 0 Å². The van der Waals surface area contributed by atoms with E-state index in [0.29, 0.717) is 71.5 Å². The molecule has 0 aromatic heterocycles. The number of Topliss-reactive ketones (excluding diaryl/α,β-unsaturated/α-hetero) is 1. The molecule has 5 fully saturated rings. The Kier molecular flexibility index (Phi) is 52.2. The second kappa shape index (κ2) is 62.7. The fraction of sp³-hybridized carbons (Fsp3) is 0.609. The summed E-state index contributed by atoms with van der Waals surface area (Å²) in [6.07, 6.45) is 33.1. The fourth-order valence-corrected chi connectivity index (χ4v) is 20.6. The van der Waals surface area contributed by atoms with Gasteiger partial charge in [-0.25, -0.2) is 9.59 Å². The van der Waals surface area contributed by atoms with E-state index in [2.05, 4.69) is 106 Å². The first-order valence-corrected chi connectivity index (χ1v) is 52.9. The number of methoxy groups -OCH3 is 3. The molecular formula is C115H172ClN9O15. The maximum absolute atomic E-state index is 13.3. The average molecular weight is 1960 g/mol. The molecule has 0 radical (unpaired) electrons.